The molecule has 54 heavy (non-hydrogen) atoms. The zero-order valence-corrected chi connectivity index (χ0v) is 37.1. The standard InChI is InChI=1S/C42H82O4.C5H12O3/c1-7-13-17-21-23-27-33-38(31-25-19-15-9-3)41(43)45-35-40(37(29-11-5)30-12-6)36-46-42(44)39(32-26-20-16-10-4)34-28-24-22-18-14-8-2;1-5(7,8)3-2-4-6/h37-40H,7-36H2,1-6H3;6-8H,2-4H2,1H3. The average Bonchev–Trinajstić information content (AvgIpc) is 3.14. The third kappa shape index (κ3) is 35.2. The molecule has 0 heterocycles. The van der Waals surface area contributed by atoms with E-state index in [9.17, 15) is 9.59 Å². The van der Waals surface area contributed by atoms with Gasteiger partial charge in [0.2, 0.25) is 0 Å². The molecule has 0 saturated carbocycles. The van der Waals surface area contributed by atoms with E-state index in [-0.39, 0.29) is 42.7 Å². The monoisotopic (exact) mass is 771 g/mol. The Morgan fingerprint density at radius 2 is 0.759 bits per heavy atom. The number of carbonyl (C=O) groups excluding carboxylic acids is 2. The molecule has 0 amide bonds. The quantitative estimate of drug-likeness (QED) is 0.0325. The van der Waals surface area contributed by atoms with Gasteiger partial charge in [0, 0.05) is 18.9 Å². The average molecular weight is 771 g/mol. The zero-order chi connectivity index (χ0) is 40.7. The van der Waals surface area contributed by atoms with Crippen molar-refractivity contribution in [3.8, 4) is 0 Å². The Labute approximate surface area is 335 Å². The van der Waals surface area contributed by atoms with Gasteiger partial charge >= 0.3 is 11.9 Å². The summed E-state index contributed by atoms with van der Waals surface area (Å²) in [5.41, 5.74) is 0. The van der Waals surface area contributed by atoms with Crippen LogP contribution in [0.2, 0.25) is 0 Å². The van der Waals surface area contributed by atoms with Crippen molar-refractivity contribution in [2.75, 3.05) is 19.8 Å². The fraction of sp³-hybridized carbons (Fsp3) is 0.957. The maximum Gasteiger partial charge on any atom is 0.308 e. The molecular formula is C47H94O7. The Kier molecular flexibility index (Phi) is 40.7. The summed E-state index contributed by atoms with van der Waals surface area (Å²) < 4.78 is 12.3. The topological polar surface area (TPSA) is 113 Å². The van der Waals surface area contributed by atoms with Crippen LogP contribution in [0.25, 0.3) is 0 Å². The van der Waals surface area contributed by atoms with Gasteiger partial charge in [-0.1, -0.05) is 196 Å². The van der Waals surface area contributed by atoms with Crippen LogP contribution in [-0.2, 0) is 19.1 Å². The minimum Gasteiger partial charge on any atom is -0.465 e. The number of esters is 2. The van der Waals surface area contributed by atoms with Gasteiger partial charge < -0.3 is 24.8 Å². The molecule has 324 valence electrons. The van der Waals surface area contributed by atoms with E-state index in [2.05, 4.69) is 41.5 Å². The highest BCUT2D eigenvalue weighted by atomic mass is 16.5. The minimum absolute atomic E-state index is 0.00635. The van der Waals surface area contributed by atoms with Crippen LogP contribution in [-0.4, -0.2) is 52.9 Å². The lowest BCUT2D eigenvalue weighted by molar-refractivity contribution is -0.156. The third-order valence-corrected chi connectivity index (χ3v) is 11.0. The van der Waals surface area contributed by atoms with Crippen LogP contribution in [0.1, 0.15) is 241 Å². The molecule has 0 aromatic rings. The van der Waals surface area contributed by atoms with Gasteiger partial charge in [-0.3, -0.25) is 9.59 Å². The number of aliphatic hydroxyl groups is 3. The van der Waals surface area contributed by atoms with E-state index in [0.29, 0.717) is 25.6 Å². The number of carbonyl (C=O) groups is 2. The van der Waals surface area contributed by atoms with Crippen molar-refractivity contribution in [1.29, 1.82) is 0 Å². The molecule has 0 rings (SSSR count). The van der Waals surface area contributed by atoms with Crippen LogP contribution in [0.5, 0.6) is 0 Å². The summed E-state index contributed by atoms with van der Waals surface area (Å²) in [5, 5.41) is 25.4. The number of unbranched alkanes of at least 4 members (excludes halogenated alkanes) is 16. The SMILES string of the molecule is CC(O)(O)CCCO.CCCCCCCCC(CCCCCC)C(=O)OCC(COC(=O)C(CCCCCC)CCCCCCCC)C(CCC)CCC. The second-order valence-corrected chi connectivity index (χ2v) is 16.6. The Balaban J connectivity index is 0. The van der Waals surface area contributed by atoms with E-state index in [1.165, 1.54) is 110 Å². The van der Waals surface area contributed by atoms with Crippen molar-refractivity contribution < 1.29 is 34.4 Å². The van der Waals surface area contributed by atoms with Gasteiger partial charge in [-0.05, 0) is 44.9 Å². The Morgan fingerprint density at radius 3 is 1.04 bits per heavy atom. The predicted octanol–water partition coefficient (Wildman–Crippen LogP) is 13.0. The van der Waals surface area contributed by atoms with Crippen molar-refractivity contribution in [3.63, 3.8) is 0 Å². The highest BCUT2D eigenvalue weighted by Gasteiger charge is 2.28. The molecule has 3 N–H and O–H groups in total. The van der Waals surface area contributed by atoms with E-state index in [1.807, 2.05) is 0 Å². The highest BCUT2D eigenvalue weighted by molar-refractivity contribution is 5.73. The molecule has 2 unspecified atom stereocenters. The molecule has 2 atom stereocenters. The second-order valence-electron chi connectivity index (χ2n) is 16.6. The summed E-state index contributed by atoms with van der Waals surface area (Å²) in [4.78, 5) is 27.0. The van der Waals surface area contributed by atoms with E-state index >= 15 is 0 Å². The van der Waals surface area contributed by atoms with Crippen LogP contribution in [0.15, 0.2) is 0 Å². The van der Waals surface area contributed by atoms with E-state index in [1.54, 1.807) is 0 Å². The fourth-order valence-electron chi connectivity index (χ4n) is 7.44. The molecule has 0 spiro atoms. The molecule has 0 fully saturated rings. The van der Waals surface area contributed by atoms with Gasteiger partial charge in [0.25, 0.3) is 0 Å². The van der Waals surface area contributed by atoms with E-state index in [0.717, 1.165) is 77.0 Å². The van der Waals surface area contributed by atoms with Crippen LogP contribution >= 0.6 is 0 Å². The van der Waals surface area contributed by atoms with Gasteiger partial charge in [0.1, 0.15) is 0 Å². The van der Waals surface area contributed by atoms with Crippen molar-refractivity contribution in [1.82, 2.24) is 0 Å². The smallest absolute Gasteiger partial charge is 0.308 e. The molecule has 0 aliphatic carbocycles. The zero-order valence-electron chi connectivity index (χ0n) is 37.1. The summed E-state index contributed by atoms with van der Waals surface area (Å²) in [6.45, 7) is 15.5. The summed E-state index contributed by atoms with van der Waals surface area (Å²) >= 11 is 0. The summed E-state index contributed by atoms with van der Waals surface area (Å²) in [5.74, 6) is -1.12. The van der Waals surface area contributed by atoms with Crippen LogP contribution < -0.4 is 0 Å². The van der Waals surface area contributed by atoms with Crippen molar-refractivity contribution >= 4 is 11.9 Å². The summed E-state index contributed by atoms with van der Waals surface area (Å²) in [6, 6.07) is 0. The molecule has 0 bridgehead atoms. The lowest BCUT2D eigenvalue weighted by Gasteiger charge is -2.28. The number of aliphatic hydroxyl groups excluding tert-OH is 1. The number of hydrogen-bond acceptors (Lipinski definition) is 7. The normalized spacial score (nSPS) is 13.3. The predicted molar refractivity (Wildman–Crippen MR) is 228 cm³/mol. The Bertz CT molecular complexity index is 741. The van der Waals surface area contributed by atoms with Crippen molar-refractivity contribution in [2.45, 2.75) is 247 Å². The van der Waals surface area contributed by atoms with Gasteiger partial charge in [0.05, 0.1) is 25.0 Å². The number of hydrogen-bond donors (Lipinski definition) is 3. The van der Waals surface area contributed by atoms with Gasteiger partial charge in [-0.2, -0.15) is 0 Å². The number of rotatable bonds is 38. The van der Waals surface area contributed by atoms with Gasteiger partial charge in [-0.25, -0.2) is 0 Å². The molecule has 0 saturated heterocycles. The molecule has 0 aliphatic rings. The molecule has 0 radical (unpaired) electrons. The summed E-state index contributed by atoms with van der Waals surface area (Å²) in [7, 11) is 0. The lowest BCUT2D eigenvalue weighted by atomic mass is 9.85. The van der Waals surface area contributed by atoms with Crippen molar-refractivity contribution in [2.24, 2.45) is 23.7 Å². The first kappa shape index (κ1) is 54.9. The molecule has 0 aromatic carbocycles. The van der Waals surface area contributed by atoms with Crippen LogP contribution in [0.4, 0.5) is 0 Å². The Hall–Kier alpha value is -1.18. The lowest BCUT2D eigenvalue weighted by Crippen LogP contribution is -2.31. The number of ether oxygens (including phenoxy) is 2. The van der Waals surface area contributed by atoms with Crippen molar-refractivity contribution in [3.05, 3.63) is 0 Å². The minimum atomic E-state index is -1.61. The first-order chi connectivity index (χ1) is 26.0. The summed E-state index contributed by atoms with van der Waals surface area (Å²) in [6.07, 6.45) is 33.3. The van der Waals surface area contributed by atoms with Gasteiger partial charge in [-0.15, -0.1) is 0 Å². The van der Waals surface area contributed by atoms with E-state index < -0.39 is 5.79 Å². The second kappa shape index (κ2) is 40.0. The molecule has 0 aromatic heterocycles. The largest absolute Gasteiger partial charge is 0.465 e. The first-order valence-electron chi connectivity index (χ1n) is 23.4. The maximum absolute atomic E-state index is 13.5. The van der Waals surface area contributed by atoms with Crippen LogP contribution in [0, 0.1) is 23.7 Å². The highest BCUT2D eigenvalue weighted by Crippen LogP contribution is 2.28. The maximum atomic E-state index is 13.5. The fourth-order valence-corrected chi connectivity index (χ4v) is 7.44. The molecule has 7 nitrogen and oxygen atoms in total. The first-order valence-corrected chi connectivity index (χ1v) is 23.4. The van der Waals surface area contributed by atoms with Crippen LogP contribution in [0.3, 0.4) is 0 Å². The molecule has 7 heteroatoms. The van der Waals surface area contributed by atoms with E-state index in [4.69, 9.17) is 24.8 Å². The third-order valence-electron chi connectivity index (χ3n) is 11.0. The van der Waals surface area contributed by atoms with Gasteiger partial charge in [0.15, 0.2) is 5.79 Å². The molecular weight excluding hydrogens is 677 g/mol. The Morgan fingerprint density at radius 1 is 0.444 bits per heavy atom. The molecule has 0 aliphatic heterocycles.